The van der Waals surface area contributed by atoms with E-state index in [0.29, 0.717) is 34.3 Å². The minimum Gasteiger partial charge on any atom is -0.507 e. The van der Waals surface area contributed by atoms with Gasteiger partial charge in [0.1, 0.15) is 35.7 Å². The van der Waals surface area contributed by atoms with E-state index < -0.39 is 58.6 Å². The molecule has 0 heterocycles. The molecule has 0 amide bonds. The summed E-state index contributed by atoms with van der Waals surface area (Å²) in [4.78, 5) is 64.4. The maximum Gasteiger partial charge on any atom is 0.186 e. The van der Waals surface area contributed by atoms with Crippen molar-refractivity contribution >= 4 is 29.4 Å². The maximum atomic E-state index is 13.7. The molecule has 3 unspecified atom stereocenters. The van der Waals surface area contributed by atoms with Crippen molar-refractivity contribution in [3.8, 4) is 22.6 Å². The Kier molecular flexibility index (Phi) is 5.86. The van der Waals surface area contributed by atoms with E-state index in [1.807, 2.05) is 0 Å². The van der Waals surface area contributed by atoms with Gasteiger partial charge in [-0.3, -0.25) is 24.0 Å². The van der Waals surface area contributed by atoms with Gasteiger partial charge in [0.2, 0.25) is 0 Å². The van der Waals surface area contributed by atoms with E-state index in [1.54, 1.807) is 24.3 Å². The van der Waals surface area contributed by atoms with Crippen LogP contribution in [-0.4, -0.2) is 63.7 Å². The van der Waals surface area contributed by atoms with Crippen LogP contribution in [0.25, 0.3) is 11.1 Å². The molecular formula is C27H25NO9. The Balaban J connectivity index is 1.64. The fraction of sp³-hybridized carbons (Fsp3) is 0.370. The molecule has 2 saturated carbocycles. The van der Waals surface area contributed by atoms with Crippen molar-refractivity contribution in [2.45, 2.75) is 31.1 Å². The number of carbonyl (C=O) groups excluding carboxylic acids is 5. The fourth-order valence-electron chi connectivity index (χ4n) is 6.31. The van der Waals surface area contributed by atoms with Gasteiger partial charge in [0.05, 0.1) is 18.6 Å². The first-order chi connectivity index (χ1) is 17.5. The Labute approximate surface area is 211 Å². The minimum absolute atomic E-state index is 0.0174. The van der Waals surface area contributed by atoms with Crippen molar-refractivity contribution in [2.75, 3.05) is 7.11 Å². The van der Waals surface area contributed by atoms with Gasteiger partial charge >= 0.3 is 0 Å². The number of Topliss-reactive ketones (excluding diaryl/α,β-unsaturated/α-hetero) is 4. The zero-order valence-corrected chi connectivity index (χ0v) is 19.8. The molecule has 2 aromatic carbocycles. The summed E-state index contributed by atoms with van der Waals surface area (Å²) < 4.78 is 5.45. The van der Waals surface area contributed by atoms with E-state index in [-0.39, 0.29) is 30.6 Å². The largest absolute Gasteiger partial charge is 0.507 e. The van der Waals surface area contributed by atoms with Crippen LogP contribution >= 0.6 is 0 Å². The molecule has 3 aliphatic carbocycles. The Morgan fingerprint density at radius 2 is 1.81 bits per heavy atom. The second-order valence-corrected chi connectivity index (χ2v) is 9.94. The molecule has 0 bridgehead atoms. The number of aliphatic hydroxyl groups is 2. The van der Waals surface area contributed by atoms with E-state index >= 15 is 0 Å². The van der Waals surface area contributed by atoms with Crippen LogP contribution in [0.15, 0.2) is 30.3 Å². The number of rotatable bonds is 4. The molecule has 2 fully saturated rings. The highest BCUT2D eigenvalue weighted by Gasteiger charge is 2.65. The third kappa shape index (κ3) is 3.47. The van der Waals surface area contributed by atoms with Gasteiger partial charge < -0.3 is 25.8 Å². The number of phenolic OH excluding ortho intramolecular Hbond substituents is 1. The number of hydrogen-bond donors (Lipinski definition) is 4. The van der Waals surface area contributed by atoms with Gasteiger partial charge in [-0.2, -0.15) is 0 Å². The lowest BCUT2D eigenvalue weighted by Gasteiger charge is -2.49. The number of hydrogen-bond acceptors (Lipinski definition) is 10. The molecule has 0 spiro atoms. The van der Waals surface area contributed by atoms with Crippen LogP contribution in [0, 0.1) is 23.7 Å². The van der Waals surface area contributed by atoms with E-state index in [9.17, 15) is 39.3 Å². The molecule has 10 heteroatoms. The van der Waals surface area contributed by atoms with Crippen LogP contribution in [0.4, 0.5) is 0 Å². The zero-order valence-electron chi connectivity index (χ0n) is 19.8. The molecular weight excluding hydrogens is 482 g/mol. The summed E-state index contributed by atoms with van der Waals surface area (Å²) >= 11 is 0. The number of ketones is 4. The smallest absolute Gasteiger partial charge is 0.186 e. The molecule has 5 N–H and O–H groups in total. The molecule has 0 aliphatic heterocycles. The first kappa shape index (κ1) is 24.9. The lowest BCUT2D eigenvalue weighted by atomic mass is 9.53. The van der Waals surface area contributed by atoms with Crippen molar-refractivity contribution in [3.05, 3.63) is 47.0 Å². The number of phenols is 1. The fourth-order valence-corrected chi connectivity index (χ4v) is 6.31. The number of fused-ring (bicyclic) bond motifs is 3. The molecule has 2 aromatic rings. The molecule has 192 valence electrons. The van der Waals surface area contributed by atoms with Crippen LogP contribution in [-0.2, 0) is 20.8 Å². The standard InChI is InChI=1S/C27H25NO9/c1-37-19-5-2-11(10-29)6-15(19)14-3-4-17(30)21-16(14)8-12-7-13-9-18(31)22(26(28)35)25(34)27(13,36)24(33)20(12)23(21)32/h2-6,10,12-13,20,22,26,30,35-36H,7-9,28H2,1H3/t12-,13+,20?,22?,26?,27+/m1/s1. The topological polar surface area (TPSA) is 181 Å². The van der Waals surface area contributed by atoms with E-state index in [0.717, 1.165) is 0 Å². The molecule has 0 saturated heterocycles. The van der Waals surface area contributed by atoms with Gasteiger partial charge in [-0.1, -0.05) is 6.07 Å². The van der Waals surface area contributed by atoms with Gasteiger partial charge in [0, 0.05) is 23.5 Å². The second kappa shape index (κ2) is 8.69. The van der Waals surface area contributed by atoms with E-state index in [1.165, 1.54) is 13.2 Å². The van der Waals surface area contributed by atoms with Crippen LogP contribution in [0.5, 0.6) is 11.5 Å². The molecule has 0 aromatic heterocycles. The first-order valence-electron chi connectivity index (χ1n) is 11.8. The number of nitrogens with two attached hydrogens (primary N) is 1. The summed E-state index contributed by atoms with van der Waals surface area (Å²) in [6, 6.07) is 7.67. The summed E-state index contributed by atoms with van der Waals surface area (Å²) in [5.74, 6) is -8.50. The summed E-state index contributed by atoms with van der Waals surface area (Å²) in [5, 5.41) is 31.7. The van der Waals surface area contributed by atoms with Gasteiger partial charge in [-0.05, 0) is 54.2 Å². The summed E-state index contributed by atoms with van der Waals surface area (Å²) in [6.07, 6.45) is -1.42. The summed E-state index contributed by atoms with van der Waals surface area (Å²) in [7, 11) is 1.46. The van der Waals surface area contributed by atoms with Crippen molar-refractivity contribution in [1.29, 1.82) is 0 Å². The molecule has 0 radical (unpaired) electrons. The molecule has 37 heavy (non-hydrogen) atoms. The third-order valence-corrected chi connectivity index (χ3v) is 8.04. The number of aldehydes is 1. The van der Waals surface area contributed by atoms with Crippen molar-refractivity contribution in [3.63, 3.8) is 0 Å². The molecule has 6 atom stereocenters. The van der Waals surface area contributed by atoms with Gasteiger partial charge in [0.15, 0.2) is 23.0 Å². The number of aliphatic hydroxyl groups excluding tert-OH is 1. The highest BCUT2D eigenvalue weighted by Crippen LogP contribution is 2.51. The van der Waals surface area contributed by atoms with Crippen LogP contribution in [0.3, 0.4) is 0 Å². The highest BCUT2D eigenvalue weighted by atomic mass is 16.5. The average molecular weight is 507 g/mol. The predicted octanol–water partition coefficient (Wildman–Crippen LogP) is 0.607. The Morgan fingerprint density at radius 3 is 2.46 bits per heavy atom. The van der Waals surface area contributed by atoms with Crippen molar-refractivity contribution in [2.24, 2.45) is 29.4 Å². The maximum absolute atomic E-state index is 13.7. The summed E-state index contributed by atoms with van der Waals surface area (Å²) in [5.41, 5.74) is 4.49. The van der Waals surface area contributed by atoms with Crippen LogP contribution in [0.2, 0.25) is 0 Å². The lowest BCUT2D eigenvalue weighted by molar-refractivity contribution is -0.177. The van der Waals surface area contributed by atoms with E-state index in [4.69, 9.17) is 10.5 Å². The van der Waals surface area contributed by atoms with E-state index in [2.05, 4.69) is 0 Å². The van der Waals surface area contributed by atoms with Gasteiger partial charge in [0.25, 0.3) is 0 Å². The predicted molar refractivity (Wildman–Crippen MR) is 127 cm³/mol. The van der Waals surface area contributed by atoms with Crippen LogP contribution < -0.4 is 10.5 Å². The molecule has 3 aliphatic rings. The monoisotopic (exact) mass is 507 g/mol. The number of ether oxygens (including phenoxy) is 1. The highest BCUT2D eigenvalue weighted by molar-refractivity contribution is 6.26. The normalized spacial score (nSPS) is 29.7. The van der Waals surface area contributed by atoms with Crippen molar-refractivity contribution < 1.29 is 44.0 Å². The number of aromatic hydroxyl groups is 1. The number of methoxy groups -OCH3 is 1. The second-order valence-electron chi connectivity index (χ2n) is 9.94. The average Bonchev–Trinajstić information content (AvgIpc) is 2.85. The quantitative estimate of drug-likeness (QED) is 0.260. The zero-order chi connectivity index (χ0) is 26.8. The van der Waals surface area contributed by atoms with Gasteiger partial charge in [-0.15, -0.1) is 0 Å². The Morgan fingerprint density at radius 1 is 1.08 bits per heavy atom. The minimum atomic E-state index is -2.64. The van der Waals surface area contributed by atoms with Crippen molar-refractivity contribution in [1.82, 2.24) is 0 Å². The Bertz CT molecular complexity index is 1380. The summed E-state index contributed by atoms with van der Waals surface area (Å²) in [6.45, 7) is 0. The SMILES string of the molecule is COc1ccc(C=O)cc1-c1ccc(O)c2c1C[C@H]1C[C@H]3CC(=O)C(C(N)O)C(=O)[C@@]3(O)C(=O)C1C2=O. The molecule has 5 rings (SSSR count). The first-order valence-corrected chi connectivity index (χ1v) is 11.8. The van der Waals surface area contributed by atoms with Crippen LogP contribution in [0.1, 0.15) is 39.1 Å². The third-order valence-electron chi connectivity index (χ3n) is 8.04. The van der Waals surface area contributed by atoms with Gasteiger partial charge in [-0.25, -0.2) is 0 Å². The number of benzene rings is 2. The number of carbonyl (C=O) groups is 5. The Hall–Kier alpha value is -3.73. The molecule has 10 nitrogen and oxygen atoms in total. The lowest BCUT2D eigenvalue weighted by Crippen LogP contribution is -2.68.